The van der Waals surface area contributed by atoms with Crippen molar-refractivity contribution in [2.45, 2.75) is 82.3 Å². The number of nitrogens with one attached hydrogen (secondary N) is 1. The lowest BCUT2D eigenvalue weighted by atomic mass is 9.79. The fraction of sp³-hybridized carbons (Fsp3) is 0.412. The SMILES string of the molecule is O=C(CNC1CCC(c2cc(-c3ccc(F)cc3Cl)c3c(c2)N(c2c(Cl)cccc2Cl)C(=O)CC3)CC1)OC1CCCC1. The number of carbonyl (C=O) groups is 2. The Morgan fingerprint density at radius 2 is 1.60 bits per heavy atom. The maximum atomic E-state index is 14.0. The smallest absolute Gasteiger partial charge is 0.320 e. The van der Waals surface area contributed by atoms with Crippen molar-refractivity contribution in [2.75, 3.05) is 11.4 Å². The number of ether oxygens (including phenoxy) is 1. The van der Waals surface area contributed by atoms with Gasteiger partial charge in [0.05, 0.1) is 33.0 Å². The van der Waals surface area contributed by atoms with Crippen LogP contribution in [0.2, 0.25) is 15.1 Å². The van der Waals surface area contributed by atoms with Crippen LogP contribution in [-0.2, 0) is 20.7 Å². The highest BCUT2D eigenvalue weighted by atomic mass is 35.5. The molecule has 226 valence electrons. The van der Waals surface area contributed by atoms with Gasteiger partial charge >= 0.3 is 5.97 Å². The predicted molar refractivity (Wildman–Crippen MR) is 170 cm³/mol. The number of halogens is 4. The lowest BCUT2D eigenvalue weighted by molar-refractivity contribution is -0.147. The Morgan fingerprint density at radius 3 is 2.30 bits per heavy atom. The molecule has 1 amide bonds. The summed E-state index contributed by atoms with van der Waals surface area (Å²) in [6, 6.07) is 14.1. The van der Waals surface area contributed by atoms with E-state index in [9.17, 15) is 14.0 Å². The first-order valence-electron chi connectivity index (χ1n) is 15.1. The molecule has 0 bridgehead atoms. The minimum absolute atomic E-state index is 0.0740. The van der Waals surface area contributed by atoms with E-state index in [0.717, 1.165) is 79.3 Å². The molecule has 1 aliphatic heterocycles. The van der Waals surface area contributed by atoms with Crippen LogP contribution in [0.4, 0.5) is 15.8 Å². The number of amides is 1. The molecule has 2 fully saturated rings. The van der Waals surface area contributed by atoms with Gasteiger partial charge in [-0.25, -0.2) is 4.39 Å². The molecule has 0 radical (unpaired) electrons. The van der Waals surface area contributed by atoms with Gasteiger partial charge in [-0.3, -0.25) is 14.5 Å². The third-order valence-corrected chi connectivity index (χ3v) is 9.97. The Kier molecular flexibility index (Phi) is 9.29. The van der Waals surface area contributed by atoms with Gasteiger partial charge in [-0.1, -0.05) is 46.9 Å². The average Bonchev–Trinajstić information content (AvgIpc) is 3.50. The first-order valence-corrected chi connectivity index (χ1v) is 16.2. The first kappa shape index (κ1) is 30.4. The van der Waals surface area contributed by atoms with Gasteiger partial charge in [0.25, 0.3) is 0 Å². The summed E-state index contributed by atoms with van der Waals surface area (Å²) in [4.78, 5) is 27.4. The number of fused-ring (bicyclic) bond motifs is 1. The third kappa shape index (κ3) is 6.58. The summed E-state index contributed by atoms with van der Waals surface area (Å²) in [5, 5.41) is 4.50. The molecule has 0 saturated heterocycles. The summed E-state index contributed by atoms with van der Waals surface area (Å²) >= 11 is 19.8. The number of anilines is 2. The van der Waals surface area contributed by atoms with Crippen molar-refractivity contribution in [3.63, 3.8) is 0 Å². The Balaban J connectivity index is 1.29. The topological polar surface area (TPSA) is 58.6 Å². The highest BCUT2D eigenvalue weighted by Gasteiger charge is 2.33. The predicted octanol–water partition coefficient (Wildman–Crippen LogP) is 9.17. The van der Waals surface area contributed by atoms with Crippen LogP contribution < -0.4 is 10.2 Å². The quantitative estimate of drug-likeness (QED) is 0.261. The zero-order valence-corrected chi connectivity index (χ0v) is 26.1. The first-order chi connectivity index (χ1) is 20.8. The second-order valence-electron chi connectivity index (χ2n) is 11.8. The number of rotatable bonds is 7. The van der Waals surface area contributed by atoms with Crippen LogP contribution in [0.25, 0.3) is 11.1 Å². The van der Waals surface area contributed by atoms with E-state index < -0.39 is 5.82 Å². The maximum Gasteiger partial charge on any atom is 0.320 e. The molecule has 43 heavy (non-hydrogen) atoms. The van der Waals surface area contributed by atoms with E-state index in [1.807, 2.05) is 0 Å². The van der Waals surface area contributed by atoms with Crippen molar-refractivity contribution in [2.24, 2.45) is 0 Å². The normalized spacial score (nSPS) is 20.7. The van der Waals surface area contributed by atoms with Crippen LogP contribution in [0.5, 0.6) is 0 Å². The molecule has 5 nitrogen and oxygen atoms in total. The maximum absolute atomic E-state index is 14.0. The Morgan fingerprint density at radius 1 is 0.884 bits per heavy atom. The molecule has 0 unspecified atom stereocenters. The van der Waals surface area contributed by atoms with Gasteiger partial charge in [-0.05, 0) is 117 Å². The second-order valence-corrected chi connectivity index (χ2v) is 13.0. The van der Waals surface area contributed by atoms with Crippen molar-refractivity contribution in [1.29, 1.82) is 0 Å². The fourth-order valence-corrected chi connectivity index (χ4v) is 7.68. The zero-order valence-electron chi connectivity index (χ0n) is 23.8. The molecule has 2 aliphatic carbocycles. The number of nitrogens with zero attached hydrogens (tertiary/aromatic N) is 1. The Bertz CT molecular complexity index is 1510. The van der Waals surface area contributed by atoms with E-state index in [1.165, 1.54) is 12.1 Å². The fourth-order valence-electron chi connectivity index (χ4n) is 6.84. The second kappa shape index (κ2) is 13.2. The van der Waals surface area contributed by atoms with Crippen LogP contribution in [0.1, 0.15) is 74.8 Å². The van der Waals surface area contributed by atoms with Gasteiger partial charge in [0.15, 0.2) is 0 Å². The van der Waals surface area contributed by atoms with Crippen LogP contribution in [-0.4, -0.2) is 30.6 Å². The lowest BCUT2D eigenvalue weighted by Gasteiger charge is -2.35. The average molecular weight is 644 g/mol. The van der Waals surface area contributed by atoms with Gasteiger partial charge < -0.3 is 10.1 Å². The molecular weight excluding hydrogens is 610 g/mol. The van der Waals surface area contributed by atoms with Crippen LogP contribution in [0.15, 0.2) is 48.5 Å². The van der Waals surface area contributed by atoms with Gasteiger partial charge in [0, 0.05) is 18.0 Å². The third-order valence-electron chi connectivity index (χ3n) is 9.04. The monoisotopic (exact) mass is 642 g/mol. The minimum Gasteiger partial charge on any atom is -0.461 e. The van der Waals surface area contributed by atoms with Crippen molar-refractivity contribution < 1.29 is 18.7 Å². The minimum atomic E-state index is -0.406. The summed E-state index contributed by atoms with van der Waals surface area (Å²) in [7, 11) is 0. The molecule has 0 spiro atoms. The molecule has 1 N–H and O–H groups in total. The Hall–Kier alpha value is -2.64. The number of carbonyl (C=O) groups excluding carboxylic acids is 2. The molecular formula is C34H34Cl3FN2O3. The lowest BCUT2D eigenvalue weighted by Crippen LogP contribution is -2.37. The standard InChI is InChI=1S/C34H34Cl3FN2O3/c35-28-6-3-7-29(36)34(28)40-31-17-21(16-27(26(31)14-15-32(40)41)25-13-10-22(38)18-30(25)37)20-8-11-23(12-9-20)39-19-33(42)43-24-4-1-2-5-24/h3,6-7,10,13,16-18,20,23-24,39H,1-2,4-5,8-9,11-12,14-15,19H2. The molecule has 2 saturated carbocycles. The number of hydrogen-bond donors (Lipinski definition) is 1. The summed E-state index contributed by atoms with van der Waals surface area (Å²) in [5.74, 6) is -0.440. The number of esters is 1. The van der Waals surface area contributed by atoms with E-state index in [4.69, 9.17) is 39.5 Å². The van der Waals surface area contributed by atoms with Crippen LogP contribution >= 0.6 is 34.8 Å². The molecule has 6 rings (SSSR count). The summed E-state index contributed by atoms with van der Waals surface area (Å²) in [5.41, 5.74) is 4.82. The Labute approximate surface area is 266 Å². The van der Waals surface area contributed by atoms with E-state index in [0.29, 0.717) is 27.2 Å². The highest BCUT2D eigenvalue weighted by molar-refractivity contribution is 6.40. The van der Waals surface area contributed by atoms with Crippen molar-refractivity contribution in [3.8, 4) is 11.1 Å². The summed E-state index contributed by atoms with van der Waals surface area (Å²) in [6.07, 6.45) is 8.69. The van der Waals surface area contributed by atoms with Crippen LogP contribution in [0, 0.1) is 5.82 Å². The van der Waals surface area contributed by atoms with E-state index in [-0.39, 0.29) is 42.9 Å². The van der Waals surface area contributed by atoms with Crippen molar-refractivity contribution in [3.05, 3.63) is 80.5 Å². The molecule has 1 heterocycles. The van der Waals surface area contributed by atoms with Gasteiger partial charge in [-0.2, -0.15) is 0 Å². The van der Waals surface area contributed by atoms with E-state index in [2.05, 4.69) is 17.4 Å². The van der Waals surface area contributed by atoms with Gasteiger partial charge in [0.2, 0.25) is 5.91 Å². The number of para-hydroxylation sites is 1. The van der Waals surface area contributed by atoms with Gasteiger partial charge in [-0.15, -0.1) is 0 Å². The molecule has 9 heteroatoms. The number of hydrogen-bond acceptors (Lipinski definition) is 4. The van der Waals surface area contributed by atoms with Gasteiger partial charge in [0.1, 0.15) is 11.9 Å². The number of benzene rings is 3. The molecule has 3 aromatic carbocycles. The molecule has 3 aromatic rings. The molecule has 3 aliphatic rings. The largest absolute Gasteiger partial charge is 0.461 e. The zero-order chi connectivity index (χ0) is 30.1. The summed E-state index contributed by atoms with van der Waals surface area (Å²) in [6.45, 7) is 0.230. The van der Waals surface area contributed by atoms with Crippen molar-refractivity contribution >= 4 is 58.1 Å². The molecule has 0 atom stereocenters. The van der Waals surface area contributed by atoms with Crippen LogP contribution in [0.3, 0.4) is 0 Å². The summed E-state index contributed by atoms with van der Waals surface area (Å²) < 4.78 is 19.6. The van der Waals surface area contributed by atoms with Crippen molar-refractivity contribution in [1.82, 2.24) is 5.32 Å². The molecule has 0 aromatic heterocycles. The van der Waals surface area contributed by atoms with E-state index in [1.54, 1.807) is 29.2 Å². The van der Waals surface area contributed by atoms with E-state index >= 15 is 0 Å². The highest BCUT2D eigenvalue weighted by Crippen LogP contribution is 2.48.